The Kier molecular flexibility index (Phi) is 2.89. The van der Waals surface area contributed by atoms with Gasteiger partial charge in [0.2, 0.25) is 0 Å². The van der Waals surface area contributed by atoms with Crippen LogP contribution in [-0.4, -0.2) is 17.8 Å². The molecule has 0 saturated carbocycles. The first-order chi connectivity index (χ1) is 7.26. The Balaban J connectivity index is 2.25. The van der Waals surface area contributed by atoms with Crippen LogP contribution in [0.25, 0.3) is 0 Å². The summed E-state index contributed by atoms with van der Waals surface area (Å²) in [4.78, 5) is 0. The highest BCUT2D eigenvalue weighted by Gasteiger charge is 2.36. The Hall–Kier alpha value is -1.12. The number of aliphatic hydroxyl groups is 1. The Morgan fingerprint density at radius 2 is 1.80 bits per heavy atom. The van der Waals surface area contributed by atoms with Crippen molar-refractivity contribution in [2.45, 2.75) is 24.5 Å². The molecule has 0 radical (unpaired) electrons. The molecular formula is C13H17NO. The van der Waals surface area contributed by atoms with E-state index in [1.807, 2.05) is 37.4 Å². The van der Waals surface area contributed by atoms with Gasteiger partial charge in [0.1, 0.15) is 0 Å². The van der Waals surface area contributed by atoms with E-state index >= 15 is 0 Å². The van der Waals surface area contributed by atoms with Gasteiger partial charge in [0, 0.05) is 0 Å². The molecule has 0 heterocycles. The minimum Gasteiger partial charge on any atom is -0.387 e. The topological polar surface area (TPSA) is 32.3 Å². The molecule has 0 amide bonds. The molecule has 2 N–H and O–H groups in total. The van der Waals surface area contributed by atoms with Crippen molar-refractivity contribution in [1.82, 2.24) is 5.32 Å². The maximum atomic E-state index is 10.5. The summed E-state index contributed by atoms with van der Waals surface area (Å²) < 4.78 is 0. The van der Waals surface area contributed by atoms with E-state index in [1.54, 1.807) is 0 Å². The maximum Gasteiger partial charge on any atom is 0.0909 e. The Bertz CT molecular complexity index is 337. The van der Waals surface area contributed by atoms with Gasteiger partial charge in [0.05, 0.1) is 11.6 Å². The summed E-state index contributed by atoms with van der Waals surface area (Å²) in [5.41, 5.74) is 0.488. The summed E-state index contributed by atoms with van der Waals surface area (Å²) in [5, 5.41) is 13.7. The van der Waals surface area contributed by atoms with Crippen molar-refractivity contribution in [2.75, 3.05) is 7.05 Å². The highest BCUT2D eigenvalue weighted by atomic mass is 16.3. The molecule has 1 atom stereocenters. The van der Waals surface area contributed by atoms with Crippen LogP contribution in [0.4, 0.5) is 0 Å². The molecule has 1 aromatic rings. The fourth-order valence-electron chi connectivity index (χ4n) is 2.28. The average Bonchev–Trinajstić information content (AvgIpc) is 2.68. The molecule has 0 bridgehead atoms. The van der Waals surface area contributed by atoms with Gasteiger partial charge < -0.3 is 10.4 Å². The van der Waals surface area contributed by atoms with Gasteiger partial charge >= 0.3 is 0 Å². The number of hydrogen-bond acceptors (Lipinski definition) is 2. The van der Waals surface area contributed by atoms with Gasteiger partial charge in [-0.15, -0.1) is 0 Å². The van der Waals surface area contributed by atoms with Crippen molar-refractivity contribution in [3.8, 4) is 0 Å². The van der Waals surface area contributed by atoms with Gasteiger partial charge in [-0.1, -0.05) is 42.5 Å². The summed E-state index contributed by atoms with van der Waals surface area (Å²) in [6.07, 6.45) is 5.56. The Morgan fingerprint density at radius 3 is 2.33 bits per heavy atom. The summed E-state index contributed by atoms with van der Waals surface area (Å²) >= 11 is 0. The van der Waals surface area contributed by atoms with E-state index < -0.39 is 5.60 Å². The molecular weight excluding hydrogens is 186 g/mol. The van der Waals surface area contributed by atoms with E-state index in [0.29, 0.717) is 0 Å². The van der Waals surface area contributed by atoms with E-state index in [2.05, 4.69) is 17.4 Å². The molecule has 0 spiro atoms. The predicted molar refractivity (Wildman–Crippen MR) is 61.6 cm³/mol. The summed E-state index contributed by atoms with van der Waals surface area (Å²) in [6.45, 7) is 0. The lowest BCUT2D eigenvalue weighted by Crippen LogP contribution is -2.40. The van der Waals surface area contributed by atoms with Crippen LogP contribution in [0, 0.1) is 0 Å². The van der Waals surface area contributed by atoms with Crippen LogP contribution in [0.3, 0.4) is 0 Å². The number of hydrogen-bond donors (Lipinski definition) is 2. The van der Waals surface area contributed by atoms with Gasteiger partial charge in [0.25, 0.3) is 0 Å². The minimum atomic E-state index is -0.657. The second-order valence-corrected chi connectivity index (χ2v) is 4.12. The molecule has 0 saturated heterocycles. The molecule has 0 fully saturated rings. The van der Waals surface area contributed by atoms with E-state index in [4.69, 9.17) is 0 Å². The van der Waals surface area contributed by atoms with Crippen LogP contribution in [0.1, 0.15) is 24.4 Å². The Labute approximate surface area is 90.6 Å². The van der Waals surface area contributed by atoms with Crippen molar-refractivity contribution in [1.29, 1.82) is 0 Å². The largest absolute Gasteiger partial charge is 0.387 e. The maximum absolute atomic E-state index is 10.5. The monoisotopic (exact) mass is 203 g/mol. The number of rotatable bonds is 3. The lowest BCUT2D eigenvalue weighted by atomic mass is 9.86. The van der Waals surface area contributed by atoms with Gasteiger partial charge in [-0.05, 0) is 25.5 Å². The molecule has 2 heteroatoms. The van der Waals surface area contributed by atoms with Gasteiger partial charge in [-0.25, -0.2) is 0 Å². The summed E-state index contributed by atoms with van der Waals surface area (Å²) in [7, 11) is 1.90. The average molecular weight is 203 g/mol. The smallest absolute Gasteiger partial charge is 0.0909 e. The highest BCUT2D eigenvalue weighted by molar-refractivity contribution is 5.24. The van der Waals surface area contributed by atoms with Gasteiger partial charge in [0.15, 0.2) is 0 Å². The SMILES string of the molecule is CNC(c1ccccc1)C1(O)CC=CC1. The normalized spacial score (nSPS) is 20.4. The van der Waals surface area contributed by atoms with Crippen LogP contribution in [0.5, 0.6) is 0 Å². The van der Waals surface area contributed by atoms with Crippen molar-refractivity contribution in [2.24, 2.45) is 0 Å². The number of likely N-dealkylation sites (N-methyl/N-ethyl adjacent to an activating group) is 1. The molecule has 80 valence electrons. The molecule has 1 aliphatic carbocycles. The van der Waals surface area contributed by atoms with E-state index in [0.717, 1.165) is 18.4 Å². The first-order valence-corrected chi connectivity index (χ1v) is 5.36. The second-order valence-electron chi connectivity index (χ2n) is 4.12. The number of benzene rings is 1. The van der Waals surface area contributed by atoms with E-state index in [-0.39, 0.29) is 6.04 Å². The summed E-state index contributed by atoms with van der Waals surface area (Å²) in [6, 6.07) is 10.1. The Morgan fingerprint density at radius 1 is 1.20 bits per heavy atom. The highest BCUT2D eigenvalue weighted by Crippen LogP contribution is 2.35. The third-order valence-electron chi connectivity index (χ3n) is 3.07. The molecule has 0 aliphatic heterocycles. The van der Waals surface area contributed by atoms with Crippen molar-refractivity contribution >= 4 is 0 Å². The first-order valence-electron chi connectivity index (χ1n) is 5.36. The van der Waals surface area contributed by atoms with Crippen LogP contribution in [-0.2, 0) is 0 Å². The van der Waals surface area contributed by atoms with Crippen molar-refractivity contribution in [3.05, 3.63) is 48.0 Å². The van der Waals surface area contributed by atoms with Crippen LogP contribution < -0.4 is 5.32 Å². The van der Waals surface area contributed by atoms with Crippen LogP contribution in [0.15, 0.2) is 42.5 Å². The third-order valence-corrected chi connectivity index (χ3v) is 3.07. The zero-order valence-electron chi connectivity index (χ0n) is 8.98. The van der Waals surface area contributed by atoms with E-state index in [9.17, 15) is 5.11 Å². The molecule has 1 aliphatic rings. The van der Waals surface area contributed by atoms with E-state index in [1.165, 1.54) is 0 Å². The minimum absolute atomic E-state index is 0.00806. The quantitative estimate of drug-likeness (QED) is 0.737. The zero-order chi connectivity index (χ0) is 10.7. The lowest BCUT2D eigenvalue weighted by Gasteiger charge is -2.32. The van der Waals surface area contributed by atoms with Crippen molar-refractivity contribution < 1.29 is 5.11 Å². The molecule has 2 rings (SSSR count). The molecule has 1 aromatic carbocycles. The molecule has 1 unspecified atom stereocenters. The molecule has 15 heavy (non-hydrogen) atoms. The second kappa shape index (κ2) is 4.17. The van der Waals surface area contributed by atoms with Gasteiger partial charge in [-0.2, -0.15) is 0 Å². The van der Waals surface area contributed by atoms with Crippen molar-refractivity contribution in [3.63, 3.8) is 0 Å². The van der Waals surface area contributed by atoms with Crippen LogP contribution in [0.2, 0.25) is 0 Å². The lowest BCUT2D eigenvalue weighted by molar-refractivity contribution is 0.0153. The fraction of sp³-hybridized carbons (Fsp3) is 0.385. The predicted octanol–water partition coefficient (Wildman–Crippen LogP) is 2.03. The van der Waals surface area contributed by atoms with Gasteiger partial charge in [-0.3, -0.25) is 0 Å². The molecule has 0 aromatic heterocycles. The third kappa shape index (κ3) is 1.96. The summed E-state index contributed by atoms with van der Waals surface area (Å²) in [5.74, 6) is 0. The fourth-order valence-corrected chi connectivity index (χ4v) is 2.28. The van der Waals surface area contributed by atoms with Crippen LogP contribution >= 0.6 is 0 Å². The molecule has 2 nitrogen and oxygen atoms in total. The first kappa shape index (κ1) is 10.4. The standard InChI is InChI=1S/C13H17NO/c1-14-12(11-7-3-2-4-8-11)13(15)9-5-6-10-13/h2-8,12,14-15H,9-10H2,1H3. The number of nitrogens with one attached hydrogen (secondary N) is 1. The zero-order valence-corrected chi connectivity index (χ0v) is 8.98.